The minimum atomic E-state index is 0.281. The van der Waals surface area contributed by atoms with E-state index in [-0.39, 0.29) is 5.95 Å². The van der Waals surface area contributed by atoms with Crippen molar-refractivity contribution in [2.24, 2.45) is 0 Å². The fourth-order valence-corrected chi connectivity index (χ4v) is 3.46. The lowest BCUT2D eigenvalue weighted by atomic mass is 9.96. The predicted molar refractivity (Wildman–Crippen MR) is 98.3 cm³/mol. The van der Waals surface area contributed by atoms with Crippen LogP contribution in [0.1, 0.15) is 38.1 Å². The summed E-state index contributed by atoms with van der Waals surface area (Å²) < 4.78 is 12.8. The molecule has 1 aliphatic rings. The fourth-order valence-electron chi connectivity index (χ4n) is 3.46. The fraction of sp³-hybridized carbons (Fsp3) is 0.389. The number of rotatable bonds is 5. The smallest absolute Gasteiger partial charge is 0.241 e. The molecule has 26 heavy (non-hydrogen) atoms. The molecule has 8 nitrogen and oxygen atoms in total. The van der Waals surface area contributed by atoms with Crippen molar-refractivity contribution in [3.8, 4) is 17.1 Å². The Morgan fingerprint density at radius 3 is 2.85 bits per heavy atom. The number of hydrogen-bond acceptors (Lipinski definition) is 7. The van der Waals surface area contributed by atoms with Crippen LogP contribution in [0, 0.1) is 0 Å². The second kappa shape index (κ2) is 7.07. The van der Waals surface area contributed by atoms with Gasteiger partial charge < -0.3 is 20.2 Å². The Bertz CT molecular complexity index is 868. The largest absolute Gasteiger partial charge is 0.496 e. The van der Waals surface area contributed by atoms with Crippen LogP contribution in [0.15, 0.2) is 35.2 Å². The second-order valence-corrected chi connectivity index (χ2v) is 6.44. The van der Waals surface area contributed by atoms with Crippen LogP contribution < -0.4 is 15.8 Å². The number of ether oxygens (including phenoxy) is 1. The molecule has 1 saturated carbocycles. The van der Waals surface area contributed by atoms with Crippen molar-refractivity contribution >= 4 is 17.6 Å². The number of nitrogens with two attached hydrogens (primary N) is 1. The van der Waals surface area contributed by atoms with E-state index in [4.69, 9.17) is 14.9 Å². The number of nitrogen functional groups attached to an aromatic ring is 1. The van der Waals surface area contributed by atoms with E-state index in [9.17, 15) is 0 Å². The summed E-state index contributed by atoms with van der Waals surface area (Å²) in [6, 6.07) is 6.10. The van der Waals surface area contributed by atoms with Crippen LogP contribution in [0.25, 0.3) is 11.3 Å². The van der Waals surface area contributed by atoms with Crippen LogP contribution in [0.4, 0.5) is 17.6 Å². The molecule has 0 radical (unpaired) electrons. The number of oxazole rings is 1. The molecule has 0 aliphatic heterocycles. The Morgan fingerprint density at radius 1 is 1.27 bits per heavy atom. The van der Waals surface area contributed by atoms with E-state index in [2.05, 4.69) is 20.4 Å². The molecular formula is C18H22N6O2. The maximum atomic E-state index is 5.86. The Hall–Kier alpha value is -3.03. The lowest BCUT2D eigenvalue weighted by Gasteiger charge is -2.23. The molecule has 0 unspecified atom stereocenters. The average Bonchev–Trinajstić information content (AvgIpc) is 3.32. The van der Waals surface area contributed by atoms with Crippen molar-refractivity contribution in [1.29, 1.82) is 0 Å². The summed E-state index contributed by atoms with van der Waals surface area (Å²) in [4.78, 5) is 8.32. The van der Waals surface area contributed by atoms with Crippen LogP contribution >= 0.6 is 0 Å². The van der Waals surface area contributed by atoms with Crippen LogP contribution in [0.2, 0.25) is 0 Å². The van der Waals surface area contributed by atoms with Gasteiger partial charge in [-0.15, -0.1) is 5.10 Å². The molecule has 0 amide bonds. The Kier molecular flexibility index (Phi) is 4.47. The van der Waals surface area contributed by atoms with Gasteiger partial charge in [-0.1, -0.05) is 19.3 Å². The van der Waals surface area contributed by atoms with Crippen molar-refractivity contribution in [2.45, 2.75) is 38.1 Å². The summed E-state index contributed by atoms with van der Waals surface area (Å²) in [5.41, 5.74) is 7.54. The second-order valence-electron chi connectivity index (χ2n) is 6.44. The first-order valence-electron chi connectivity index (χ1n) is 8.80. The monoisotopic (exact) mass is 354 g/mol. The third-order valence-electron chi connectivity index (χ3n) is 4.72. The van der Waals surface area contributed by atoms with Gasteiger partial charge in [0.1, 0.15) is 5.75 Å². The van der Waals surface area contributed by atoms with Crippen molar-refractivity contribution in [2.75, 3.05) is 18.2 Å². The molecule has 0 spiro atoms. The van der Waals surface area contributed by atoms with E-state index in [1.807, 2.05) is 22.9 Å². The van der Waals surface area contributed by atoms with Gasteiger partial charge in [-0.3, -0.25) is 0 Å². The Balaban J connectivity index is 1.61. The highest BCUT2D eigenvalue weighted by Crippen LogP contribution is 2.34. The van der Waals surface area contributed by atoms with Crippen LogP contribution in [-0.4, -0.2) is 26.9 Å². The topological polar surface area (TPSA) is 104 Å². The summed E-state index contributed by atoms with van der Waals surface area (Å²) in [5, 5.41) is 7.72. The van der Waals surface area contributed by atoms with Crippen molar-refractivity contribution in [1.82, 2.24) is 19.7 Å². The first kappa shape index (κ1) is 16.4. The Labute approximate surface area is 151 Å². The SMILES string of the molecule is COc1cc(Nc2nc(N)nn2C2CCCCC2)ccc1-c1cnco1. The van der Waals surface area contributed by atoms with Crippen molar-refractivity contribution in [3.05, 3.63) is 30.8 Å². The number of nitrogens with zero attached hydrogens (tertiary/aromatic N) is 4. The summed E-state index contributed by atoms with van der Waals surface area (Å²) in [7, 11) is 1.63. The molecule has 4 rings (SSSR count). The zero-order valence-electron chi connectivity index (χ0n) is 14.7. The molecule has 2 aromatic heterocycles. The van der Waals surface area contributed by atoms with E-state index in [1.54, 1.807) is 13.3 Å². The lowest BCUT2D eigenvalue weighted by molar-refractivity contribution is 0.333. The van der Waals surface area contributed by atoms with E-state index in [1.165, 1.54) is 25.7 Å². The quantitative estimate of drug-likeness (QED) is 0.718. The number of nitrogens with one attached hydrogen (secondary N) is 1. The zero-order chi connectivity index (χ0) is 17.9. The number of methoxy groups -OCH3 is 1. The lowest BCUT2D eigenvalue weighted by Crippen LogP contribution is -2.16. The van der Waals surface area contributed by atoms with Gasteiger partial charge in [0, 0.05) is 11.8 Å². The van der Waals surface area contributed by atoms with E-state index in [0.717, 1.165) is 24.1 Å². The molecule has 0 saturated heterocycles. The number of aromatic nitrogens is 4. The highest BCUT2D eigenvalue weighted by molar-refractivity contribution is 5.70. The predicted octanol–water partition coefficient (Wildman–Crippen LogP) is 3.77. The third-order valence-corrected chi connectivity index (χ3v) is 4.72. The molecule has 3 aromatic rings. The van der Waals surface area contributed by atoms with Crippen LogP contribution in [0.3, 0.4) is 0 Å². The van der Waals surface area contributed by atoms with Crippen molar-refractivity contribution < 1.29 is 9.15 Å². The number of anilines is 3. The summed E-state index contributed by atoms with van der Waals surface area (Å²) in [6.07, 6.45) is 8.97. The first-order chi connectivity index (χ1) is 12.7. The summed E-state index contributed by atoms with van der Waals surface area (Å²) in [5.74, 6) is 2.28. The maximum absolute atomic E-state index is 5.86. The molecule has 8 heteroatoms. The minimum Gasteiger partial charge on any atom is -0.496 e. The van der Waals surface area contributed by atoms with Gasteiger partial charge in [-0.25, -0.2) is 9.67 Å². The van der Waals surface area contributed by atoms with Gasteiger partial charge in [0.2, 0.25) is 11.9 Å². The Morgan fingerprint density at radius 2 is 2.12 bits per heavy atom. The summed E-state index contributed by atoms with van der Waals surface area (Å²) in [6.45, 7) is 0. The zero-order valence-corrected chi connectivity index (χ0v) is 14.7. The van der Waals surface area contributed by atoms with E-state index in [0.29, 0.717) is 23.5 Å². The van der Waals surface area contributed by atoms with Gasteiger partial charge in [0.25, 0.3) is 0 Å². The first-order valence-corrected chi connectivity index (χ1v) is 8.80. The molecule has 1 aliphatic carbocycles. The molecular weight excluding hydrogens is 332 g/mol. The van der Waals surface area contributed by atoms with Gasteiger partial charge in [0.05, 0.1) is 24.9 Å². The van der Waals surface area contributed by atoms with Gasteiger partial charge in [-0.05, 0) is 25.0 Å². The molecule has 0 bridgehead atoms. The highest BCUT2D eigenvalue weighted by Gasteiger charge is 2.21. The van der Waals surface area contributed by atoms with Gasteiger partial charge in [0.15, 0.2) is 12.2 Å². The van der Waals surface area contributed by atoms with Gasteiger partial charge in [-0.2, -0.15) is 4.98 Å². The van der Waals surface area contributed by atoms with Crippen molar-refractivity contribution in [3.63, 3.8) is 0 Å². The molecule has 1 fully saturated rings. The van der Waals surface area contributed by atoms with E-state index >= 15 is 0 Å². The van der Waals surface area contributed by atoms with Crippen LogP contribution in [0.5, 0.6) is 5.75 Å². The number of hydrogen-bond donors (Lipinski definition) is 2. The molecule has 1 aromatic carbocycles. The normalized spacial score (nSPS) is 15.1. The molecule has 3 N–H and O–H groups in total. The maximum Gasteiger partial charge on any atom is 0.241 e. The molecule has 136 valence electrons. The van der Waals surface area contributed by atoms with E-state index < -0.39 is 0 Å². The number of benzene rings is 1. The molecule has 2 heterocycles. The molecule has 0 atom stereocenters. The van der Waals surface area contributed by atoms with Gasteiger partial charge >= 0.3 is 0 Å². The third kappa shape index (κ3) is 3.22. The standard InChI is InChI=1S/C18H22N6O2/c1-25-15-9-12(7-8-14(15)16-10-20-11-26-16)21-18-22-17(19)23-24(18)13-5-3-2-4-6-13/h7-11,13H,2-6H2,1H3,(H3,19,21,22,23). The van der Waals surface area contributed by atoms with Crippen LogP contribution in [-0.2, 0) is 0 Å². The average molecular weight is 354 g/mol. The highest BCUT2D eigenvalue weighted by atomic mass is 16.5. The minimum absolute atomic E-state index is 0.281. The summed E-state index contributed by atoms with van der Waals surface area (Å²) >= 11 is 0.